The Bertz CT molecular complexity index is 189. The SMILES string of the molecule is CCCSCCC(=O)NC(CO)(CO)CO. The maximum Gasteiger partial charge on any atom is 0.221 e. The largest absolute Gasteiger partial charge is 0.394 e. The van der Waals surface area contributed by atoms with Gasteiger partial charge in [0.15, 0.2) is 0 Å². The fourth-order valence-electron chi connectivity index (χ4n) is 1.04. The highest BCUT2D eigenvalue weighted by molar-refractivity contribution is 7.99. The summed E-state index contributed by atoms with van der Waals surface area (Å²) in [7, 11) is 0. The van der Waals surface area contributed by atoms with Crippen molar-refractivity contribution in [1.29, 1.82) is 0 Å². The van der Waals surface area contributed by atoms with Crippen molar-refractivity contribution in [3.8, 4) is 0 Å². The second-order valence-corrected chi connectivity index (χ2v) is 4.89. The highest BCUT2D eigenvalue weighted by atomic mass is 32.2. The van der Waals surface area contributed by atoms with Gasteiger partial charge >= 0.3 is 0 Å². The van der Waals surface area contributed by atoms with Crippen molar-refractivity contribution in [3.63, 3.8) is 0 Å². The van der Waals surface area contributed by atoms with Gasteiger partial charge in [0, 0.05) is 12.2 Å². The molecule has 4 N–H and O–H groups in total. The maximum absolute atomic E-state index is 11.4. The first-order valence-corrected chi connectivity index (χ1v) is 6.51. The molecule has 0 saturated heterocycles. The van der Waals surface area contributed by atoms with Gasteiger partial charge in [0.25, 0.3) is 0 Å². The van der Waals surface area contributed by atoms with Crippen molar-refractivity contribution in [3.05, 3.63) is 0 Å². The van der Waals surface area contributed by atoms with E-state index < -0.39 is 25.4 Å². The molecule has 0 aromatic rings. The van der Waals surface area contributed by atoms with E-state index in [0.717, 1.165) is 12.2 Å². The van der Waals surface area contributed by atoms with E-state index in [2.05, 4.69) is 12.2 Å². The Kier molecular flexibility index (Phi) is 8.64. The predicted octanol–water partition coefficient (Wildman–Crippen LogP) is -0.648. The molecule has 0 bridgehead atoms. The van der Waals surface area contributed by atoms with Gasteiger partial charge in [-0.3, -0.25) is 4.79 Å². The topological polar surface area (TPSA) is 89.8 Å². The van der Waals surface area contributed by atoms with Crippen LogP contribution >= 0.6 is 11.8 Å². The van der Waals surface area contributed by atoms with E-state index in [-0.39, 0.29) is 5.91 Å². The van der Waals surface area contributed by atoms with Crippen LogP contribution in [0, 0.1) is 0 Å². The number of hydrogen-bond acceptors (Lipinski definition) is 5. The molecule has 0 atom stereocenters. The predicted molar refractivity (Wildman–Crippen MR) is 64.4 cm³/mol. The van der Waals surface area contributed by atoms with E-state index in [1.54, 1.807) is 11.8 Å². The van der Waals surface area contributed by atoms with Gasteiger partial charge in [0.1, 0.15) is 5.54 Å². The molecule has 0 aromatic carbocycles. The molecule has 0 unspecified atom stereocenters. The van der Waals surface area contributed by atoms with E-state index in [9.17, 15) is 4.79 Å². The zero-order valence-electron chi connectivity index (χ0n) is 9.61. The van der Waals surface area contributed by atoms with Crippen molar-refractivity contribution in [1.82, 2.24) is 5.32 Å². The summed E-state index contributed by atoms with van der Waals surface area (Å²) in [5.41, 5.74) is -1.30. The Labute approximate surface area is 100 Å². The van der Waals surface area contributed by atoms with E-state index >= 15 is 0 Å². The molecular formula is C10H21NO4S. The number of hydrogen-bond donors (Lipinski definition) is 4. The lowest BCUT2D eigenvalue weighted by molar-refractivity contribution is -0.124. The molecule has 0 fully saturated rings. The number of carbonyl (C=O) groups is 1. The molecule has 1 amide bonds. The molecule has 0 aliphatic rings. The normalized spacial score (nSPS) is 11.5. The van der Waals surface area contributed by atoms with Crippen LogP contribution in [0.1, 0.15) is 19.8 Å². The van der Waals surface area contributed by atoms with Crippen LogP contribution in [-0.2, 0) is 4.79 Å². The van der Waals surface area contributed by atoms with Gasteiger partial charge in [-0.15, -0.1) is 0 Å². The van der Waals surface area contributed by atoms with Gasteiger partial charge in [-0.25, -0.2) is 0 Å². The van der Waals surface area contributed by atoms with Gasteiger partial charge in [-0.1, -0.05) is 6.92 Å². The summed E-state index contributed by atoms with van der Waals surface area (Å²) < 4.78 is 0. The minimum atomic E-state index is -1.30. The monoisotopic (exact) mass is 251 g/mol. The quantitative estimate of drug-likeness (QED) is 0.409. The third kappa shape index (κ3) is 5.69. The highest BCUT2D eigenvalue weighted by Gasteiger charge is 2.29. The second kappa shape index (κ2) is 8.81. The average Bonchev–Trinajstić information content (AvgIpc) is 2.32. The summed E-state index contributed by atoms with van der Waals surface area (Å²) in [5, 5.41) is 29.4. The Morgan fingerprint density at radius 1 is 1.19 bits per heavy atom. The first-order chi connectivity index (χ1) is 7.64. The Morgan fingerprint density at radius 2 is 1.75 bits per heavy atom. The number of carbonyl (C=O) groups excluding carboxylic acids is 1. The van der Waals surface area contributed by atoms with Crippen molar-refractivity contribution >= 4 is 17.7 Å². The van der Waals surface area contributed by atoms with Gasteiger partial charge in [-0.05, 0) is 12.2 Å². The van der Waals surface area contributed by atoms with E-state index in [4.69, 9.17) is 15.3 Å². The van der Waals surface area contributed by atoms with Crippen LogP contribution in [0.5, 0.6) is 0 Å². The minimum Gasteiger partial charge on any atom is -0.394 e. The molecule has 0 saturated carbocycles. The smallest absolute Gasteiger partial charge is 0.221 e. The summed E-state index contributed by atoms with van der Waals surface area (Å²) in [6.07, 6.45) is 1.40. The van der Waals surface area contributed by atoms with Gasteiger partial charge < -0.3 is 20.6 Å². The number of rotatable bonds is 9. The maximum atomic E-state index is 11.4. The molecule has 0 aromatic heterocycles. The molecular weight excluding hydrogens is 230 g/mol. The molecule has 0 heterocycles. The summed E-state index contributed by atoms with van der Waals surface area (Å²) in [4.78, 5) is 11.4. The summed E-state index contributed by atoms with van der Waals surface area (Å²) in [5.74, 6) is 1.46. The lowest BCUT2D eigenvalue weighted by atomic mass is 10.0. The number of thioether (sulfide) groups is 1. The molecule has 5 nitrogen and oxygen atoms in total. The molecule has 0 radical (unpaired) electrons. The van der Waals surface area contributed by atoms with Crippen molar-refractivity contribution in [2.45, 2.75) is 25.3 Å². The molecule has 0 spiro atoms. The van der Waals surface area contributed by atoms with Crippen LogP contribution in [0.4, 0.5) is 0 Å². The van der Waals surface area contributed by atoms with Gasteiger partial charge in [-0.2, -0.15) is 11.8 Å². The molecule has 96 valence electrons. The van der Waals surface area contributed by atoms with E-state index in [1.165, 1.54) is 0 Å². The minimum absolute atomic E-state index is 0.263. The van der Waals surface area contributed by atoms with Crippen LogP contribution in [0.25, 0.3) is 0 Å². The number of aliphatic hydroxyl groups is 3. The summed E-state index contributed by atoms with van der Waals surface area (Å²) >= 11 is 1.68. The lowest BCUT2D eigenvalue weighted by Gasteiger charge is -2.28. The van der Waals surface area contributed by atoms with Crippen LogP contribution in [0.15, 0.2) is 0 Å². The number of aliphatic hydroxyl groups excluding tert-OH is 3. The van der Waals surface area contributed by atoms with Crippen LogP contribution in [0.2, 0.25) is 0 Å². The Balaban J connectivity index is 3.91. The van der Waals surface area contributed by atoms with Crippen LogP contribution in [0.3, 0.4) is 0 Å². The van der Waals surface area contributed by atoms with Gasteiger partial charge in [0.05, 0.1) is 19.8 Å². The van der Waals surface area contributed by atoms with Crippen LogP contribution < -0.4 is 5.32 Å². The molecule has 0 rings (SSSR count). The Hall–Kier alpha value is -0.300. The fraction of sp³-hybridized carbons (Fsp3) is 0.900. The van der Waals surface area contributed by atoms with Crippen molar-refractivity contribution in [2.75, 3.05) is 31.3 Å². The molecule has 6 heteroatoms. The fourth-order valence-corrected chi connectivity index (χ4v) is 1.86. The highest BCUT2D eigenvalue weighted by Crippen LogP contribution is 2.06. The Morgan fingerprint density at radius 3 is 2.19 bits per heavy atom. The zero-order valence-corrected chi connectivity index (χ0v) is 10.4. The third-order valence-electron chi connectivity index (χ3n) is 2.13. The zero-order chi connectivity index (χ0) is 12.4. The third-order valence-corrected chi connectivity index (χ3v) is 3.32. The summed E-state index contributed by atoms with van der Waals surface area (Å²) in [6, 6.07) is 0. The van der Waals surface area contributed by atoms with Crippen molar-refractivity contribution in [2.24, 2.45) is 0 Å². The number of nitrogens with one attached hydrogen (secondary N) is 1. The van der Waals surface area contributed by atoms with E-state index in [0.29, 0.717) is 12.2 Å². The molecule has 16 heavy (non-hydrogen) atoms. The molecule has 0 aliphatic heterocycles. The standard InChI is InChI=1S/C10H21NO4S/c1-2-4-16-5-3-9(15)11-10(6-12,7-13)8-14/h12-14H,2-8H2,1H3,(H,11,15). The van der Waals surface area contributed by atoms with E-state index in [1.807, 2.05) is 0 Å². The second-order valence-electron chi connectivity index (χ2n) is 3.67. The van der Waals surface area contributed by atoms with Crippen LogP contribution in [-0.4, -0.2) is 58.1 Å². The molecule has 0 aliphatic carbocycles. The van der Waals surface area contributed by atoms with Crippen molar-refractivity contribution < 1.29 is 20.1 Å². The van der Waals surface area contributed by atoms with Gasteiger partial charge in [0.2, 0.25) is 5.91 Å². The lowest BCUT2D eigenvalue weighted by Crippen LogP contribution is -2.57. The number of amides is 1. The first-order valence-electron chi connectivity index (χ1n) is 5.35. The average molecular weight is 251 g/mol. The first kappa shape index (κ1) is 15.7. The summed E-state index contributed by atoms with van der Waals surface area (Å²) in [6.45, 7) is 0.636.